The third-order valence-electron chi connectivity index (χ3n) is 1.86. The van der Waals surface area contributed by atoms with E-state index in [1.807, 2.05) is 0 Å². The molecule has 0 aliphatic rings. The van der Waals surface area contributed by atoms with E-state index in [0.29, 0.717) is 6.61 Å². The Morgan fingerprint density at radius 3 is 2.88 bits per heavy atom. The summed E-state index contributed by atoms with van der Waals surface area (Å²) in [6.07, 6.45) is -1.00. The van der Waals surface area contributed by atoms with Crippen LogP contribution in [0.4, 0.5) is 0 Å². The van der Waals surface area contributed by atoms with E-state index >= 15 is 0 Å². The second-order valence-electron chi connectivity index (χ2n) is 2.96. The SMILES string of the molecule is CCOC(C#N)NC(=O)c1ccccc1O. The Balaban J connectivity index is 2.73. The molecule has 1 aromatic rings. The lowest BCUT2D eigenvalue weighted by Gasteiger charge is -2.11. The lowest BCUT2D eigenvalue weighted by Crippen LogP contribution is -2.35. The highest BCUT2D eigenvalue weighted by Crippen LogP contribution is 2.15. The molecule has 0 radical (unpaired) electrons. The molecule has 0 aromatic heterocycles. The summed E-state index contributed by atoms with van der Waals surface area (Å²) in [5.41, 5.74) is 0.113. The zero-order valence-corrected chi connectivity index (χ0v) is 8.80. The zero-order valence-electron chi connectivity index (χ0n) is 8.80. The quantitative estimate of drug-likeness (QED) is 0.742. The van der Waals surface area contributed by atoms with Crippen LogP contribution in [0.25, 0.3) is 0 Å². The molecule has 0 aliphatic carbocycles. The number of para-hydroxylation sites is 1. The van der Waals surface area contributed by atoms with Gasteiger partial charge >= 0.3 is 0 Å². The van der Waals surface area contributed by atoms with Crippen LogP contribution in [-0.4, -0.2) is 23.8 Å². The van der Waals surface area contributed by atoms with Crippen LogP contribution >= 0.6 is 0 Å². The Hall–Kier alpha value is -2.06. The largest absolute Gasteiger partial charge is 0.507 e. The molecule has 1 rings (SSSR count). The normalized spacial score (nSPS) is 11.5. The monoisotopic (exact) mass is 220 g/mol. The first-order valence-corrected chi connectivity index (χ1v) is 4.79. The molecule has 5 heteroatoms. The number of amides is 1. The van der Waals surface area contributed by atoms with Crippen LogP contribution < -0.4 is 5.32 Å². The van der Waals surface area contributed by atoms with Gasteiger partial charge in [0.1, 0.15) is 11.8 Å². The summed E-state index contributed by atoms with van der Waals surface area (Å²) in [5, 5.41) is 20.4. The first-order chi connectivity index (χ1) is 7.69. The highest BCUT2D eigenvalue weighted by atomic mass is 16.5. The van der Waals surface area contributed by atoms with Crippen LogP contribution in [0.1, 0.15) is 17.3 Å². The first kappa shape index (κ1) is 12.0. The number of hydrogen-bond acceptors (Lipinski definition) is 4. The van der Waals surface area contributed by atoms with Crippen LogP contribution in [0.5, 0.6) is 5.75 Å². The number of carbonyl (C=O) groups is 1. The number of nitrogens with one attached hydrogen (secondary N) is 1. The number of nitrogens with zero attached hydrogens (tertiary/aromatic N) is 1. The van der Waals surface area contributed by atoms with Crippen molar-refractivity contribution in [2.24, 2.45) is 0 Å². The molecule has 5 nitrogen and oxygen atoms in total. The standard InChI is InChI=1S/C11H12N2O3/c1-2-16-10(7-12)13-11(15)8-5-3-4-6-9(8)14/h3-6,10,14H,2H2,1H3,(H,13,15). The van der Waals surface area contributed by atoms with Gasteiger partial charge in [-0.2, -0.15) is 5.26 Å². The summed E-state index contributed by atoms with van der Waals surface area (Å²) >= 11 is 0. The molecule has 1 aromatic carbocycles. The van der Waals surface area contributed by atoms with Crippen molar-refractivity contribution in [3.05, 3.63) is 29.8 Å². The van der Waals surface area contributed by atoms with Crippen LogP contribution in [-0.2, 0) is 4.74 Å². The third-order valence-corrected chi connectivity index (χ3v) is 1.86. The number of phenolic OH excluding ortho intramolecular Hbond substituents is 1. The van der Waals surface area contributed by atoms with Gasteiger partial charge in [0.25, 0.3) is 5.91 Å². The highest BCUT2D eigenvalue weighted by molar-refractivity contribution is 5.96. The lowest BCUT2D eigenvalue weighted by molar-refractivity contribution is 0.0613. The minimum Gasteiger partial charge on any atom is -0.507 e. The van der Waals surface area contributed by atoms with Crippen LogP contribution in [0.2, 0.25) is 0 Å². The third kappa shape index (κ3) is 2.97. The average molecular weight is 220 g/mol. The van der Waals surface area contributed by atoms with E-state index in [1.54, 1.807) is 25.1 Å². The Bertz CT molecular complexity index is 412. The Labute approximate surface area is 93.3 Å². The maximum atomic E-state index is 11.6. The maximum absolute atomic E-state index is 11.6. The van der Waals surface area contributed by atoms with Gasteiger partial charge in [-0.05, 0) is 19.1 Å². The molecule has 84 valence electrons. The van der Waals surface area contributed by atoms with E-state index in [0.717, 1.165) is 0 Å². The van der Waals surface area contributed by atoms with Gasteiger partial charge in [-0.3, -0.25) is 4.79 Å². The van der Waals surface area contributed by atoms with Gasteiger partial charge in [0.15, 0.2) is 0 Å². The highest BCUT2D eigenvalue weighted by Gasteiger charge is 2.15. The second-order valence-corrected chi connectivity index (χ2v) is 2.96. The molecule has 0 fully saturated rings. The molecule has 0 bridgehead atoms. The van der Waals surface area contributed by atoms with Crippen LogP contribution in [0.15, 0.2) is 24.3 Å². The second kappa shape index (κ2) is 5.73. The molecule has 1 amide bonds. The molecule has 0 heterocycles. The summed E-state index contributed by atoms with van der Waals surface area (Å²) in [7, 11) is 0. The van der Waals surface area contributed by atoms with E-state index in [2.05, 4.69) is 5.32 Å². The molecular weight excluding hydrogens is 208 g/mol. The van der Waals surface area contributed by atoms with Crippen molar-refractivity contribution < 1.29 is 14.6 Å². The van der Waals surface area contributed by atoms with E-state index in [1.165, 1.54) is 12.1 Å². The van der Waals surface area contributed by atoms with Crippen molar-refractivity contribution in [2.45, 2.75) is 13.2 Å². The summed E-state index contributed by atoms with van der Waals surface area (Å²) < 4.78 is 4.95. The lowest BCUT2D eigenvalue weighted by atomic mass is 10.2. The van der Waals surface area contributed by atoms with Crippen LogP contribution in [0, 0.1) is 11.3 Å². The molecule has 0 aliphatic heterocycles. The molecule has 0 saturated carbocycles. The van der Waals surface area contributed by atoms with Crippen molar-refractivity contribution >= 4 is 5.91 Å². The summed E-state index contributed by atoms with van der Waals surface area (Å²) in [6.45, 7) is 2.04. The van der Waals surface area contributed by atoms with Crippen LogP contribution in [0.3, 0.4) is 0 Å². The Morgan fingerprint density at radius 1 is 1.62 bits per heavy atom. The maximum Gasteiger partial charge on any atom is 0.257 e. The molecule has 1 atom stereocenters. The fraction of sp³-hybridized carbons (Fsp3) is 0.273. The zero-order chi connectivity index (χ0) is 12.0. The average Bonchev–Trinajstić information content (AvgIpc) is 2.28. The Morgan fingerprint density at radius 2 is 2.31 bits per heavy atom. The number of nitriles is 1. The van der Waals surface area contributed by atoms with Crippen molar-refractivity contribution in [3.8, 4) is 11.8 Å². The first-order valence-electron chi connectivity index (χ1n) is 4.79. The van der Waals surface area contributed by atoms with Crippen molar-refractivity contribution in [2.75, 3.05) is 6.61 Å². The number of benzene rings is 1. The molecule has 1 unspecified atom stereocenters. The molecule has 2 N–H and O–H groups in total. The van der Waals surface area contributed by atoms with Gasteiger partial charge in [0.05, 0.1) is 5.56 Å². The predicted molar refractivity (Wildman–Crippen MR) is 56.6 cm³/mol. The van der Waals surface area contributed by atoms with Crippen molar-refractivity contribution in [1.29, 1.82) is 5.26 Å². The van der Waals surface area contributed by atoms with E-state index in [-0.39, 0.29) is 11.3 Å². The van der Waals surface area contributed by atoms with Crippen molar-refractivity contribution in [3.63, 3.8) is 0 Å². The molecular formula is C11H12N2O3. The number of phenols is 1. The smallest absolute Gasteiger partial charge is 0.257 e. The molecule has 16 heavy (non-hydrogen) atoms. The fourth-order valence-electron chi connectivity index (χ4n) is 1.14. The van der Waals surface area contributed by atoms with Gasteiger partial charge in [-0.1, -0.05) is 12.1 Å². The molecule has 0 spiro atoms. The number of ether oxygens (including phenoxy) is 1. The summed E-state index contributed by atoms with van der Waals surface area (Å²) in [5.74, 6) is -0.675. The minimum absolute atomic E-state index is 0.113. The number of aromatic hydroxyl groups is 1. The van der Waals surface area contributed by atoms with Gasteiger partial charge in [0.2, 0.25) is 6.23 Å². The fourth-order valence-corrected chi connectivity index (χ4v) is 1.14. The summed E-state index contributed by atoms with van der Waals surface area (Å²) in [4.78, 5) is 11.6. The predicted octanol–water partition coefficient (Wildman–Crippen LogP) is 1.01. The Kier molecular flexibility index (Phi) is 4.30. The van der Waals surface area contributed by atoms with E-state index < -0.39 is 12.1 Å². The van der Waals surface area contributed by atoms with Gasteiger partial charge in [-0.25, -0.2) is 0 Å². The van der Waals surface area contributed by atoms with Gasteiger partial charge in [0, 0.05) is 6.61 Å². The van der Waals surface area contributed by atoms with E-state index in [9.17, 15) is 9.90 Å². The van der Waals surface area contributed by atoms with Crippen molar-refractivity contribution in [1.82, 2.24) is 5.32 Å². The van der Waals surface area contributed by atoms with Gasteiger partial charge < -0.3 is 15.2 Å². The topological polar surface area (TPSA) is 82.3 Å². The van der Waals surface area contributed by atoms with Gasteiger partial charge in [-0.15, -0.1) is 0 Å². The number of rotatable bonds is 4. The number of hydrogen-bond donors (Lipinski definition) is 2. The minimum atomic E-state index is -1.00. The summed E-state index contributed by atoms with van der Waals surface area (Å²) in [6, 6.07) is 7.88. The molecule has 0 saturated heterocycles. The number of carbonyl (C=O) groups excluding carboxylic acids is 1. The van der Waals surface area contributed by atoms with E-state index in [4.69, 9.17) is 10.00 Å².